The van der Waals surface area contributed by atoms with E-state index in [2.05, 4.69) is 11.9 Å². The third-order valence-corrected chi connectivity index (χ3v) is 3.08. The maximum absolute atomic E-state index is 12.2. The van der Waals surface area contributed by atoms with Gasteiger partial charge in [0, 0.05) is 19.3 Å². The summed E-state index contributed by atoms with van der Waals surface area (Å²) in [5, 5.41) is 0. The van der Waals surface area contributed by atoms with Gasteiger partial charge in [-0.1, -0.05) is 6.92 Å². The molecule has 0 aromatic carbocycles. The maximum Gasteiger partial charge on any atom is 0.272 e. The molecule has 1 unspecified atom stereocenters. The fourth-order valence-electron chi connectivity index (χ4n) is 2.19. The molecule has 0 spiro atoms. The second-order valence-corrected chi connectivity index (χ2v) is 4.72. The van der Waals surface area contributed by atoms with E-state index in [1.165, 1.54) is 6.42 Å². The van der Waals surface area contributed by atoms with Crippen LogP contribution in [0.15, 0.2) is 18.3 Å². The number of aromatic nitrogens is 1. The fraction of sp³-hybridized carbons (Fsp3) is 0.538. The van der Waals surface area contributed by atoms with Crippen molar-refractivity contribution in [2.24, 2.45) is 5.92 Å². The van der Waals surface area contributed by atoms with Gasteiger partial charge in [-0.25, -0.2) is 0 Å². The minimum Gasteiger partial charge on any atom is -0.337 e. The summed E-state index contributed by atoms with van der Waals surface area (Å²) in [5.74, 6) is 0.692. The number of hydrogen-bond acceptors (Lipinski definition) is 2. The molecule has 1 amide bonds. The van der Waals surface area contributed by atoms with Crippen molar-refractivity contribution in [3.05, 3.63) is 29.6 Å². The predicted molar refractivity (Wildman–Crippen MR) is 63.3 cm³/mol. The number of piperidine rings is 1. The van der Waals surface area contributed by atoms with Gasteiger partial charge in [-0.2, -0.15) is 0 Å². The van der Waals surface area contributed by atoms with Crippen LogP contribution in [0, 0.1) is 12.8 Å². The molecule has 2 heterocycles. The lowest BCUT2D eigenvalue weighted by Crippen LogP contribution is -2.39. The first kappa shape index (κ1) is 11.1. The van der Waals surface area contributed by atoms with E-state index in [1.54, 1.807) is 6.20 Å². The summed E-state index contributed by atoms with van der Waals surface area (Å²) in [7, 11) is 0. The van der Waals surface area contributed by atoms with Crippen LogP contribution in [0.3, 0.4) is 0 Å². The van der Waals surface area contributed by atoms with Crippen molar-refractivity contribution in [3.63, 3.8) is 0 Å². The van der Waals surface area contributed by atoms with Gasteiger partial charge in [-0.05, 0) is 43.4 Å². The van der Waals surface area contributed by atoms with Gasteiger partial charge >= 0.3 is 0 Å². The third-order valence-electron chi connectivity index (χ3n) is 3.08. The maximum atomic E-state index is 12.2. The van der Waals surface area contributed by atoms with Gasteiger partial charge in [0.1, 0.15) is 5.69 Å². The first-order valence-electron chi connectivity index (χ1n) is 5.89. The molecule has 1 aromatic heterocycles. The van der Waals surface area contributed by atoms with E-state index in [0.29, 0.717) is 11.6 Å². The second kappa shape index (κ2) is 4.64. The normalized spacial score (nSPS) is 20.9. The highest BCUT2D eigenvalue weighted by molar-refractivity contribution is 5.92. The molecule has 3 nitrogen and oxygen atoms in total. The van der Waals surface area contributed by atoms with Crippen LogP contribution in [0.1, 0.15) is 35.8 Å². The van der Waals surface area contributed by atoms with Crippen LogP contribution < -0.4 is 0 Å². The second-order valence-electron chi connectivity index (χ2n) is 4.72. The van der Waals surface area contributed by atoms with Crippen molar-refractivity contribution in [2.45, 2.75) is 26.7 Å². The SMILES string of the molecule is Cc1ccnc(C(=O)N2CCCC(C)C2)c1. The summed E-state index contributed by atoms with van der Waals surface area (Å²) in [6, 6.07) is 3.78. The van der Waals surface area contributed by atoms with Crippen LogP contribution in [0.25, 0.3) is 0 Å². The van der Waals surface area contributed by atoms with E-state index in [1.807, 2.05) is 24.0 Å². The Morgan fingerprint density at radius 2 is 2.38 bits per heavy atom. The zero-order chi connectivity index (χ0) is 11.5. The van der Waals surface area contributed by atoms with E-state index in [0.717, 1.165) is 25.1 Å². The molecule has 0 N–H and O–H groups in total. The first-order chi connectivity index (χ1) is 7.66. The van der Waals surface area contributed by atoms with Gasteiger partial charge < -0.3 is 4.90 Å². The molecule has 1 fully saturated rings. The van der Waals surface area contributed by atoms with Crippen molar-refractivity contribution in [3.8, 4) is 0 Å². The van der Waals surface area contributed by atoms with Gasteiger partial charge in [-0.15, -0.1) is 0 Å². The molecular weight excluding hydrogens is 200 g/mol. The van der Waals surface area contributed by atoms with Gasteiger partial charge in [0.15, 0.2) is 0 Å². The Labute approximate surface area is 96.5 Å². The van der Waals surface area contributed by atoms with Crippen molar-refractivity contribution < 1.29 is 4.79 Å². The number of nitrogens with zero attached hydrogens (tertiary/aromatic N) is 2. The summed E-state index contributed by atoms with van der Waals surface area (Å²) in [4.78, 5) is 18.2. The number of carbonyl (C=O) groups is 1. The van der Waals surface area contributed by atoms with E-state index in [9.17, 15) is 4.79 Å². The molecule has 1 aliphatic rings. The predicted octanol–water partition coefficient (Wildman–Crippen LogP) is 2.26. The molecule has 2 rings (SSSR count). The topological polar surface area (TPSA) is 33.2 Å². The highest BCUT2D eigenvalue weighted by Gasteiger charge is 2.22. The molecule has 1 aliphatic heterocycles. The van der Waals surface area contributed by atoms with Crippen LogP contribution in [0.5, 0.6) is 0 Å². The van der Waals surface area contributed by atoms with E-state index in [4.69, 9.17) is 0 Å². The zero-order valence-electron chi connectivity index (χ0n) is 9.94. The summed E-state index contributed by atoms with van der Waals surface area (Å²) in [6.45, 7) is 5.92. The molecule has 0 saturated carbocycles. The number of carbonyl (C=O) groups excluding carboxylic acids is 1. The Bertz CT molecular complexity index is 389. The Balaban J connectivity index is 2.12. The number of rotatable bonds is 1. The Kier molecular flexibility index (Phi) is 3.22. The molecule has 1 saturated heterocycles. The van der Waals surface area contributed by atoms with Crippen LogP contribution >= 0.6 is 0 Å². The van der Waals surface area contributed by atoms with Gasteiger partial charge in [0.2, 0.25) is 0 Å². The molecule has 86 valence electrons. The average Bonchev–Trinajstić information content (AvgIpc) is 2.28. The Morgan fingerprint density at radius 1 is 1.56 bits per heavy atom. The quantitative estimate of drug-likeness (QED) is 0.724. The summed E-state index contributed by atoms with van der Waals surface area (Å²) in [6.07, 6.45) is 4.04. The van der Waals surface area contributed by atoms with Crippen LogP contribution in [-0.2, 0) is 0 Å². The first-order valence-corrected chi connectivity index (χ1v) is 5.89. The summed E-state index contributed by atoms with van der Waals surface area (Å²) < 4.78 is 0. The lowest BCUT2D eigenvalue weighted by Gasteiger charge is -2.30. The smallest absolute Gasteiger partial charge is 0.272 e. The molecular formula is C13H18N2O. The highest BCUT2D eigenvalue weighted by atomic mass is 16.2. The minimum atomic E-state index is 0.0789. The number of hydrogen-bond donors (Lipinski definition) is 0. The zero-order valence-corrected chi connectivity index (χ0v) is 9.94. The van der Waals surface area contributed by atoms with Crippen molar-refractivity contribution in [2.75, 3.05) is 13.1 Å². The number of amides is 1. The monoisotopic (exact) mass is 218 g/mol. The lowest BCUT2D eigenvalue weighted by molar-refractivity contribution is 0.0677. The van der Waals surface area contributed by atoms with Crippen LogP contribution in [0.2, 0.25) is 0 Å². The summed E-state index contributed by atoms with van der Waals surface area (Å²) in [5.41, 5.74) is 1.66. The Morgan fingerprint density at radius 3 is 3.06 bits per heavy atom. The van der Waals surface area contributed by atoms with Crippen LogP contribution in [0.4, 0.5) is 0 Å². The van der Waals surface area contributed by atoms with Crippen LogP contribution in [-0.4, -0.2) is 28.9 Å². The average molecular weight is 218 g/mol. The van der Waals surface area contributed by atoms with E-state index < -0.39 is 0 Å². The number of likely N-dealkylation sites (tertiary alicyclic amines) is 1. The van der Waals surface area contributed by atoms with Crippen molar-refractivity contribution >= 4 is 5.91 Å². The minimum absolute atomic E-state index is 0.0789. The lowest BCUT2D eigenvalue weighted by atomic mass is 10.00. The largest absolute Gasteiger partial charge is 0.337 e. The van der Waals surface area contributed by atoms with Crippen molar-refractivity contribution in [1.82, 2.24) is 9.88 Å². The standard InChI is InChI=1S/C13H18N2O/c1-10-5-6-14-12(8-10)13(16)15-7-3-4-11(2)9-15/h5-6,8,11H,3-4,7,9H2,1-2H3. The molecule has 3 heteroatoms. The molecule has 0 radical (unpaired) electrons. The Hall–Kier alpha value is -1.38. The number of aryl methyl sites for hydroxylation is 1. The molecule has 1 atom stereocenters. The van der Waals surface area contributed by atoms with Gasteiger partial charge in [-0.3, -0.25) is 9.78 Å². The van der Waals surface area contributed by atoms with Crippen molar-refractivity contribution in [1.29, 1.82) is 0 Å². The molecule has 16 heavy (non-hydrogen) atoms. The molecule has 1 aromatic rings. The molecule has 0 bridgehead atoms. The van der Waals surface area contributed by atoms with Gasteiger partial charge in [0.05, 0.1) is 0 Å². The third kappa shape index (κ3) is 2.40. The molecule has 0 aliphatic carbocycles. The highest BCUT2D eigenvalue weighted by Crippen LogP contribution is 2.17. The summed E-state index contributed by atoms with van der Waals surface area (Å²) >= 11 is 0. The van der Waals surface area contributed by atoms with E-state index >= 15 is 0 Å². The van der Waals surface area contributed by atoms with E-state index in [-0.39, 0.29) is 5.91 Å². The van der Waals surface area contributed by atoms with Gasteiger partial charge in [0.25, 0.3) is 5.91 Å². The fourth-order valence-corrected chi connectivity index (χ4v) is 2.19. The number of pyridine rings is 1.